The van der Waals surface area contributed by atoms with E-state index >= 15 is 0 Å². The second-order valence-corrected chi connectivity index (χ2v) is 4.74. The lowest BCUT2D eigenvalue weighted by Gasteiger charge is -2.03. The van der Waals surface area contributed by atoms with Crippen LogP contribution in [0.2, 0.25) is 0 Å². The third kappa shape index (κ3) is 1.97. The first kappa shape index (κ1) is 10.5. The van der Waals surface area contributed by atoms with E-state index in [0.717, 1.165) is 12.2 Å². The van der Waals surface area contributed by atoms with Gasteiger partial charge in [-0.3, -0.25) is 0 Å². The smallest absolute Gasteiger partial charge is 0.0795 e. The van der Waals surface area contributed by atoms with Gasteiger partial charge in [0.05, 0.1) is 17.7 Å². The molecule has 0 saturated heterocycles. The van der Waals surface area contributed by atoms with Crippen molar-refractivity contribution in [2.45, 2.75) is 13.1 Å². The molecule has 0 aliphatic rings. The minimum Gasteiger partial charge on any atom is -0.341 e. The lowest BCUT2D eigenvalue weighted by atomic mass is 10.1. The number of hydrogen-bond acceptors (Lipinski definition) is 3. The van der Waals surface area contributed by atoms with Crippen molar-refractivity contribution in [3.63, 3.8) is 0 Å². The molecule has 0 unspecified atom stereocenters. The number of fused-ring (bicyclic) bond motifs is 1. The van der Waals surface area contributed by atoms with Crippen molar-refractivity contribution in [3.8, 4) is 0 Å². The average molecular weight is 243 g/mol. The van der Waals surface area contributed by atoms with Crippen molar-refractivity contribution in [3.05, 3.63) is 52.6 Å². The Morgan fingerprint density at radius 1 is 1.29 bits per heavy atom. The summed E-state index contributed by atoms with van der Waals surface area (Å²) in [6, 6.07) is 8.48. The first-order chi connectivity index (χ1) is 8.36. The Morgan fingerprint density at radius 3 is 3.00 bits per heavy atom. The molecule has 3 nitrogen and oxygen atoms in total. The minimum atomic E-state index is 0.590. The number of nitrogens with zero attached hydrogens (tertiary/aromatic N) is 2. The zero-order valence-corrected chi connectivity index (χ0v) is 10.2. The second-order valence-electron chi connectivity index (χ2n) is 4.02. The Balaban J connectivity index is 2.00. The Kier molecular flexibility index (Phi) is 2.66. The summed E-state index contributed by atoms with van der Waals surface area (Å²) in [5.74, 6) is 0. The topological polar surface area (TPSA) is 43.8 Å². The van der Waals surface area contributed by atoms with Crippen LogP contribution in [0.5, 0.6) is 0 Å². The normalized spacial score (nSPS) is 11.1. The van der Waals surface area contributed by atoms with E-state index in [1.54, 1.807) is 11.3 Å². The Bertz CT molecular complexity index is 625. The highest BCUT2D eigenvalue weighted by molar-refractivity contribution is 7.07. The van der Waals surface area contributed by atoms with E-state index in [4.69, 9.17) is 5.73 Å². The monoisotopic (exact) mass is 243 g/mol. The van der Waals surface area contributed by atoms with Crippen molar-refractivity contribution < 1.29 is 0 Å². The first-order valence-corrected chi connectivity index (χ1v) is 6.46. The van der Waals surface area contributed by atoms with Crippen molar-refractivity contribution in [2.75, 3.05) is 0 Å². The van der Waals surface area contributed by atoms with E-state index in [1.807, 2.05) is 5.51 Å². The van der Waals surface area contributed by atoms with E-state index in [-0.39, 0.29) is 0 Å². The molecule has 4 heteroatoms. The predicted octanol–water partition coefficient (Wildman–Crippen LogP) is 2.60. The van der Waals surface area contributed by atoms with Crippen LogP contribution in [0, 0.1) is 0 Å². The number of aromatic nitrogens is 2. The molecule has 3 aromatic rings. The zero-order chi connectivity index (χ0) is 11.7. The molecule has 0 aliphatic heterocycles. The van der Waals surface area contributed by atoms with Crippen LogP contribution < -0.4 is 5.73 Å². The molecule has 1 aromatic carbocycles. The molecule has 0 saturated carbocycles. The maximum Gasteiger partial charge on any atom is 0.0795 e. The number of thiazole rings is 1. The van der Waals surface area contributed by atoms with Gasteiger partial charge in [-0.05, 0) is 29.1 Å². The van der Waals surface area contributed by atoms with Crippen LogP contribution in [-0.4, -0.2) is 9.55 Å². The molecule has 17 heavy (non-hydrogen) atoms. The van der Waals surface area contributed by atoms with Crippen LogP contribution in [0.3, 0.4) is 0 Å². The zero-order valence-electron chi connectivity index (χ0n) is 9.34. The highest BCUT2D eigenvalue weighted by Crippen LogP contribution is 2.18. The van der Waals surface area contributed by atoms with Crippen molar-refractivity contribution in [1.82, 2.24) is 9.55 Å². The van der Waals surface area contributed by atoms with E-state index < -0.39 is 0 Å². The van der Waals surface area contributed by atoms with E-state index in [1.165, 1.54) is 16.5 Å². The number of hydrogen-bond donors (Lipinski definition) is 1. The maximum atomic E-state index is 5.64. The van der Waals surface area contributed by atoms with Gasteiger partial charge in [-0.1, -0.05) is 6.07 Å². The van der Waals surface area contributed by atoms with Gasteiger partial charge in [0.25, 0.3) is 0 Å². The Hall–Kier alpha value is -1.65. The summed E-state index contributed by atoms with van der Waals surface area (Å²) < 4.78 is 2.21. The molecule has 0 spiro atoms. The summed E-state index contributed by atoms with van der Waals surface area (Å²) in [6.45, 7) is 1.42. The molecular weight excluding hydrogens is 230 g/mol. The molecule has 0 bridgehead atoms. The van der Waals surface area contributed by atoms with Crippen LogP contribution in [0.4, 0.5) is 0 Å². The van der Waals surface area contributed by atoms with Crippen molar-refractivity contribution in [2.24, 2.45) is 5.73 Å². The molecule has 0 aliphatic carbocycles. The van der Waals surface area contributed by atoms with Gasteiger partial charge in [0.2, 0.25) is 0 Å². The largest absolute Gasteiger partial charge is 0.341 e. The van der Waals surface area contributed by atoms with Crippen LogP contribution in [0.25, 0.3) is 10.9 Å². The molecule has 86 valence electrons. The number of rotatable bonds is 3. The second kappa shape index (κ2) is 4.31. The van der Waals surface area contributed by atoms with Gasteiger partial charge < -0.3 is 10.3 Å². The van der Waals surface area contributed by atoms with Gasteiger partial charge in [-0.2, -0.15) is 0 Å². The summed E-state index contributed by atoms with van der Waals surface area (Å²) >= 11 is 1.63. The summed E-state index contributed by atoms with van der Waals surface area (Å²) in [4.78, 5) is 4.31. The fourth-order valence-electron chi connectivity index (χ4n) is 2.00. The lowest BCUT2D eigenvalue weighted by molar-refractivity contribution is 0.814. The fourth-order valence-corrected chi connectivity index (χ4v) is 2.55. The molecule has 2 aromatic heterocycles. The summed E-state index contributed by atoms with van der Waals surface area (Å²) in [7, 11) is 0. The van der Waals surface area contributed by atoms with E-state index in [9.17, 15) is 0 Å². The van der Waals surface area contributed by atoms with Crippen LogP contribution in [0.1, 0.15) is 11.3 Å². The Morgan fingerprint density at radius 2 is 2.24 bits per heavy atom. The molecule has 0 radical (unpaired) electrons. The molecule has 0 atom stereocenters. The molecular formula is C13H13N3S. The van der Waals surface area contributed by atoms with Gasteiger partial charge >= 0.3 is 0 Å². The molecule has 0 amide bonds. The van der Waals surface area contributed by atoms with Gasteiger partial charge in [0, 0.05) is 23.6 Å². The third-order valence-electron chi connectivity index (χ3n) is 2.89. The predicted molar refractivity (Wildman–Crippen MR) is 71.0 cm³/mol. The number of benzene rings is 1. The Labute approximate surface area is 104 Å². The highest BCUT2D eigenvalue weighted by Gasteiger charge is 2.03. The van der Waals surface area contributed by atoms with Gasteiger partial charge in [-0.15, -0.1) is 11.3 Å². The van der Waals surface area contributed by atoms with Crippen LogP contribution >= 0.6 is 11.3 Å². The fraction of sp³-hybridized carbons (Fsp3) is 0.154. The maximum absolute atomic E-state index is 5.64. The average Bonchev–Trinajstić information content (AvgIpc) is 2.99. The van der Waals surface area contributed by atoms with Gasteiger partial charge in [0.15, 0.2) is 0 Å². The summed E-state index contributed by atoms with van der Waals surface area (Å²) in [6.07, 6.45) is 2.10. The van der Waals surface area contributed by atoms with Gasteiger partial charge in [0.1, 0.15) is 0 Å². The van der Waals surface area contributed by atoms with Crippen LogP contribution in [0.15, 0.2) is 41.4 Å². The third-order valence-corrected chi connectivity index (χ3v) is 3.52. The van der Waals surface area contributed by atoms with E-state index in [2.05, 4.69) is 45.4 Å². The van der Waals surface area contributed by atoms with Crippen molar-refractivity contribution in [1.29, 1.82) is 0 Å². The molecule has 2 heterocycles. The lowest BCUT2D eigenvalue weighted by Crippen LogP contribution is -1.99. The number of nitrogens with two attached hydrogens (primary N) is 1. The molecule has 0 fully saturated rings. The first-order valence-electron chi connectivity index (χ1n) is 5.52. The highest BCUT2D eigenvalue weighted by atomic mass is 32.1. The SMILES string of the molecule is NCc1ccc2c(ccn2Cc2cscn2)c1. The molecule has 2 N–H and O–H groups in total. The van der Waals surface area contributed by atoms with Crippen LogP contribution in [-0.2, 0) is 13.1 Å². The summed E-state index contributed by atoms with van der Waals surface area (Å²) in [5, 5.41) is 3.32. The van der Waals surface area contributed by atoms with E-state index in [0.29, 0.717) is 6.54 Å². The van der Waals surface area contributed by atoms with Crippen molar-refractivity contribution >= 4 is 22.2 Å². The molecule has 3 rings (SSSR count). The minimum absolute atomic E-state index is 0.590. The van der Waals surface area contributed by atoms with Gasteiger partial charge in [-0.25, -0.2) is 4.98 Å². The quantitative estimate of drug-likeness (QED) is 0.768. The standard InChI is InChI=1S/C13H13N3S/c14-6-10-1-2-13-11(5-10)3-4-16(13)7-12-8-17-9-15-12/h1-5,8-9H,6-7,14H2. The summed E-state index contributed by atoms with van der Waals surface area (Å²) in [5.41, 5.74) is 11.0.